The fourth-order valence-electron chi connectivity index (χ4n) is 2.62. The third kappa shape index (κ3) is 3.90. The first kappa shape index (κ1) is 18.8. The summed E-state index contributed by atoms with van der Waals surface area (Å²) in [4.78, 5) is 35.1. The molecule has 0 aliphatic rings. The van der Waals surface area contributed by atoms with Crippen molar-refractivity contribution in [2.45, 2.75) is 6.92 Å². The molecule has 142 valence electrons. The number of ether oxygens (including phenoxy) is 1. The lowest BCUT2D eigenvalue weighted by Crippen LogP contribution is -2.10. The molecule has 1 N–H and O–H groups in total. The molecule has 1 amide bonds. The summed E-state index contributed by atoms with van der Waals surface area (Å²) in [5.74, 6) is -0.310. The topological polar surface area (TPSA) is 112 Å². The summed E-state index contributed by atoms with van der Waals surface area (Å²) in [6.07, 6.45) is 3.75. The van der Waals surface area contributed by atoms with Crippen molar-refractivity contribution in [2.24, 2.45) is 0 Å². The minimum atomic E-state index is -0.581. The van der Waals surface area contributed by atoms with Crippen molar-refractivity contribution < 1.29 is 18.9 Å². The Hall–Kier alpha value is -3.94. The standard InChI is InChI=1S/C20H16N2O6/c1-12-3-6-17-15(9-12)20(24)13(11-28-17)4-8-19(23)21-16-10-14(22(25)26)5-7-18(16)27-2/h3-11H,1-2H3,(H,21,23)/b8-4+. The lowest BCUT2D eigenvalue weighted by Gasteiger charge is -2.08. The van der Waals surface area contributed by atoms with Crippen molar-refractivity contribution in [3.05, 3.63) is 80.2 Å². The lowest BCUT2D eigenvalue weighted by atomic mass is 10.1. The van der Waals surface area contributed by atoms with E-state index in [1.165, 1.54) is 37.6 Å². The van der Waals surface area contributed by atoms with Gasteiger partial charge in [0.2, 0.25) is 5.91 Å². The molecule has 0 aliphatic heterocycles. The quantitative estimate of drug-likeness (QED) is 0.411. The van der Waals surface area contributed by atoms with Gasteiger partial charge in [-0.2, -0.15) is 0 Å². The number of hydrogen-bond acceptors (Lipinski definition) is 6. The normalized spacial score (nSPS) is 10.9. The van der Waals surface area contributed by atoms with E-state index in [-0.39, 0.29) is 28.1 Å². The Morgan fingerprint density at radius 1 is 1.25 bits per heavy atom. The van der Waals surface area contributed by atoms with E-state index in [4.69, 9.17) is 9.15 Å². The number of carbonyl (C=O) groups is 1. The van der Waals surface area contributed by atoms with Gasteiger partial charge < -0.3 is 14.5 Å². The van der Waals surface area contributed by atoms with Crippen LogP contribution in [0.3, 0.4) is 0 Å². The van der Waals surface area contributed by atoms with Gasteiger partial charge in [0, 0.05) is 18.2 Å². The summed E-state index contributed by atoms with van der Waals surface area (Å²) >= 11 is 0. The molecule has 0 radical (unpaired) electrons. The molecule has 8 heteroatoms. The number of methoxy groups -OCH3 is 1. The molecule has 0 saturated heterocycles. The predicted octanol–water partition coefficient (Wildman–Crippen LogP) is 3.67. The van der Waals surface area contributed by atoms with Crippen LogP contribution in [-0.4, -0.2) is 17.9 Å². The smallest absolute Gasteiger partial charge is 0.271 e. The van der Waals surface area contributed by atoms with Crippen LogP contribution in [0.2, 0.25) is 0 Å². The number of fused-ring (bicyclic) bond motifs is 1. The second kappa shape index (κ2) is 7.75. The molecule has 3 rings (SSSR count). The molecule has 1 aromatic heterocycles. The summed E-state index contributed by atoms with van der Waals surface area (Å²) in [6, 6.07) is 9.11. The SMILES string of the molecule is COc1ccc([N+](=O)[O-])cc1NC(=O)/C=C/c1coc2ccc(C)cc2c1=O. The fraction of sp³-hybridized carbons (Fsp3) is 0.100. The van der Waals surface area contributed by atoms with E-state index in [2.05, 4.69) is 5.32 Å². The minimum Gasteiger partial charge on any atom is -0.495 e. The van der Waals surface area contributed by atoms with Gasteiger partial charge in [-0.05, 0) is 31.2 Å². The first-order valence-electron chi connectivity index (χ1n) is 8.22. The molecular formula is C20H16N2O6. The monoisotopic (exact) mass is 380 g/mol. The molecule has 28 heavy (non-hydrogen) atoms. The van der Waals surface area contributed by atoms with Crippen LogP contribution in [0.25, 0.3) is 17.0 Å². The second-order valence-corrected chi connectivity index (χ2v) is 5.98. The molecule has 0 fully saturated rings. The number of anilines is 1. The van der Waals surface area contributed by atoms with Crippen molar-refractivity contribution in [1.29, 1.82) is 0 Å². The second-order valence-electron chi connectivity index (χ2n) is 5.98. The Kier molecular flexibility index (Phi) is 5.21. The number of amides is 1. The maximum absolute atomic E-state index is 12.5. The van der Waals surface area contributed by atoms with Crippen LogP contribution in [0.15, 0.2) is 57.9 Å². The lowest BCUT2D eigenvalue weighted by molar-refractivity contribution is -0.384. The Bertz CT molecular complexity index is 1160. The van der Waals surface area contributed by atoms with Crippen molar-refractivity contribution >= 4 is 34.3 Å². The molecule has 0 unspecified atom stereocenters. The number of nitrogens with one attached hydrogen (secondary N) is 1. The van der Waals surface area contributed by atoms with E-state index in [0.717, 1.165) is 11.6 Å². The number of hydrogen-bond donors (Lipinski definition) is 1. The Balaban J connectivity index is 1.86. The molecule has 0 spiro atoms. The number of benzene rings is 2. The largest absolute Gasteiger partial charge is 0.495 e. The van der Waals surface area contributed by atoms with Gasteiger partial charge in [0.15, 0.2) is 5.43 Å². The summed E-state index contributed by atoms with van der Waals surface area (Å²) in [5.41, 5.74) is 1.27. The van der Waals surface area contributed by atoms with Gasteiger partial charge in [-0.1, -0.05) is 11.6 Å². The molecular weight excluding hydrogens is 364 g/mol. The van der Waals surface area contributed by atoms with Gasteiger partial charge in [0.25, 0.3) is 5.69 Å². The zero-order valence-corrected chi connectivity index (χ0v) is 15.1. The van der Waals surface area contributed by atoms with Crippen LogP contribution in [0, 0.1) is 17.0 Å². The van der Waals surface area contributed by atoms with Crippen LogP contribution >= 0.6 is 0 Å². The number of carbonyl (C=O) groups excluding carboxylic acids is 1. The highest BCUT2D eigenvalue weighted by atomic mass is 16.6. The molecule has 0 saturated carbocycles. The van der Waals surface area contributed by atoms with Crippen LogP contribution in [0.5, 0.6) is 5.75 Å². The molecule has 3 aromatic rings. The first-order chi connectivity index (χ1) is 13.4. The minimum absolute atomic E-state index is 0.146. The average molecular weight is 380 g/mol. The zero-order chi connectivity index (χ0) is 20.3. The van der Waals surface area contributed by atoms with E-state index in [1.807, 2.05) is 13.0 Å². The van der Waals surface area contributed by atoms with E-state index >= 15 is 0 Å². The van der Waals surface area contributed by atoms with Crippen LogP contribution in [0.1, 0.15) is 11.1 Å². The summed E-state index contributed by atoms with van der Waals surface area (Å²) < 4.78 is 10.5. The van der Waals surface area contributed by atoms with E-state index in [1.54, 1.807) is 12.1 Å². The molecule has 0 aliphatic carbocycles. The van der Waals surface area contributed by atoms with Gasteiger partial charge in [-0.15, -0.1) is 0 Å². The van der Waals surface area contributed by atoms with Crippen molar-refractivity contribution in [3.63, 3.8) is 0 Å². The van der Waals surface area contributed by atoms with Crippen LogP contribution in [-0.2, 0) is 4.79 Å². The fourth-order valence-corrected chi connectivity index (χ4v) is 2.62. The van der Waals surface area contributed by atoms with Crippen molar-refractivity contribution in [2.75, 3.05) is 12.4 Å². The Morgan fingerprint density at radius 2 is 2.04 bits per heavy atom. The van der Waals surface area contributed by atoms with Gasteiger partial charge in [-0.25, -0.2) is 0 Å². The number of non-ortho nitro benzene ring substituents is 1. The highest BCUT2D eigenvalue weighted by Gasteiger charge is 2.13. The molecule has 1 heterocycles. The van der Waals surface area contributed by atoms with E-state index in [9.17, 15) is 19.7 Å². The van der Waals surface area contributed by atoms with Crippen LogP contribution < -0.4 is 15.5 Å². The molecule has 2 aromatic carbocycles. The van der Waals surface area contributed by atoms with Crippen molar-refractivity contribution in [3.8, 4) is 5.75 Å². The van der Waals surface area contributed by atoms with Gasteiger partial charge in [0.05, 0.1) is 28.7 Å². The third-order valence-corrected chi connectivity index (χ3v) is 4.02. The van der Waals surface area contributed by atoms with Gasteiger partial charge in [0.1, 0.15) is 17.6 Å². The number of nitro groups is 1. The maximum atomic E-state index is 12.5. The highest BCUT2D eigenvalue weighted by molar-refractivity contribution is 6.03. The maximum Gasteiger partial charge on any atom is 0.271 e. The van der Waals surface area contributed by atoms with Crippen LogP contribution in [0.4, 0.5) is 11.4 Å². The van der Waals surface area contributed by atoms with Gasteiger partial charge in [-0.3, -0.25) is 19.7 Å². The van der Waals surface area contributed by atoms with E-state index in [0.29, 0.717) is 11.0 Å². The van der Waals surface area contributed by atoms with E-state index < -0.39 is 10.8 Å². The molecule has 0 bridgehead atoms. The number of nitro benzene ring substituents is 1. The predicted molar refractivity (Wildman–Crippen MR) is 105 cm³/mol. The highest BCUT2D eigenvalue weighted by Crippen LogP contribution is 2.28. The first-order valence-corrected chi connectivity index (χ1v) is 8.22. The zero-order valence-electron chi connectivity index (χ0n) is 15.1. The summed E-state index contributed by atoms with van der Waals surface area (Å²) in [7, 11) is 1.38. The number of aryl methyl sites for hydroxylation is 1. The average Bonchev–Trinajstić information content (AvgIpc) is 2.67. The van der Waals surface area contributed by atoms with Gasteiger partial charge >= 0.3 is 0 Å². The Morgan fingerprint density at radius 3 is 2.75 bits per heavy atom. The number of nitrogens with zero attached hydrogens (tertiary/aromatic N) is 1. The molecule has 8 nitrogen and oxygen atoms in total. The molecule has 0 atom stereocenters. The summed E-state index contributed by atoms with van der Waals surface area (Å²) in [6.45, 7) is 1.86. The summed E-state index contributed by atoms with van der Waals surface area (Å²) in [5, 5.41) is 13.8. The third-order valence-electron chi connectivity index (χ3n) is 4.02. The number of rotatable bonds is 5. The van der Waals surface area contributed by atoms with Crippen molar-refractivity contribution in [1.82, 2.24) is 0 Å². The Labute approximate surface area is 159 Å².